The molecular weight excluding hydrogens is 787 g/mol. The van der Waals surface area contributed by atoms with Crippen molar-refractivity contribution in [2.75, 3.05) is 0 Å². The van der Waals surface area contributed by atoms with Crippen molar-refractivity contribution in [3.63, 3.8) is 0 Å². The van der Waals surface area contributed by atoms with Crippen LogP contribution in [0.25, 0.3) is 120 Å². The van der Waals surface area contributed by atoms with Crippen molar-refractivity contribution in [1.82, 2.24) is 24.1 Å². The van der Waals surface area contributed by atoms with Crippen LogP contribution < -0.4 is 0 Å². The third kappa shape index (κ3) is 5.66. The summed E-state index contributed by atoms with van der Waals surface area (Å²) in [5, 5.41) is 7.25. The summed E-state index contributed by atoms with van der Waals surface area (Å²) in [5.41, 5.74) is 12.0. The Kier molecular flexibility index (Phi) is 8.01. The highest BCUT2D eigenvalue weighted by Gasteiger charge is 2.22. The third-order valence-electron chi connectivity index (χ3n) is 12.4. The van der Waals surface area contributed by atoms with E-state index in [-0.39, 0.29) is 0 Å². The van der Waals surface area contributed by atoms with Crippen molar-refractivity contribution < 1.29 is 0 Å². The van der Waals surface area contributed by atoms with Crippen molar-refractivity contribution in [3.8, 4) is 56.7 Å². The highest BCUT2D eigenvalue weighted by Crippen LogP contribution is 2.43. The second-order valence-electron chi connectivity index (χ2n) is 16.0. The molecule has 5 nitrogen and oxygen atoms in total. The zero-order chi connectivity index (χ0) is 41.4. The van der Waals surface area contributed by atoms with Crippen LogP contribution >= 0.6 is 11.3 Å². The molecule has 0 bridgehead atoms. The lowest BCUT2D eigenvalue weighted by atomic mass is 9.96. The summed E-state index contributed by atoms with van der Waals surface area (Å²) in [6, 6.07) is 75.6. The Bertz CT molecular complexity index is 3850. The molecule has 0 aliphatic heterocycles. The fraction of sp³-hybridized carbons (Fsp3) is 0. The molecule has 0 radical (unpaired) electrons. The quantitative estimate of drug-likeness (QED) is 0.168. The molecule has 294 valence electrons. The van der Waals surface area contributed by atoms with Gasteiger partial charge in [-0.1, -0.05) is 170 Å². The summed E-state index contributed by atoms with van der Waals surface area (Å²) in [4.78, 5) is 15.8. The number of benzene rings is 9. The Balaban J connectivity index is 1.02. The van der Waals surface area contributed by atoms with Crippen molar-refractivity contribution in [2.45, 2.75) is 0 Å². The molecule has 0 amide bonds. The van der Waals surface area contributed by atoms with Gasteiger partial charge in [0, 0.05) is 58.4 Å². The Morgan fingerprint density at radius 1 is 0.333 bits per heavy atom. The molecule has 63 heavy (non-hydrogen) atoms. The number of thiophene rings is 1. The van der Waals surface area contributed by atoms with Gasteiger partial charge in [0.15, 0.2) is 11.6 Å². The van der Waals surface area contributed by atoms with Crippen LogP contribution in [0.3, 0.4) is 0 Å². The summed E-state index contributed by atoms with van der Waals surface area (Å²) in [6.45, 7) is 0. The maximum atomic E-state index is 5.37. The predicted molar refractivity (Wildman–Crippen MR) is 263 cm³/mol. The number of fused-ring (bicyclic) bond motifs is 10. The van der Waals surface area contributed by atoms with Crippen LogP contribution in [0.2, 0.25) is 0 Å². The third-order valence-corrected chi connectivity index (χ3v) is 13.5. The molecule has 0 saturated heterocycles. The van der Waals surface area contributed by atoms with Gasteiger partial charge in [-0.25, -0.2) is 4.98 Å². The largest absolute Gasteiger partial charge is 0.309 e. The molecule has 0 aliphatic rings. The first-order valence-electron chi connectivity index (χ1n) is 21.2. The maximum Gasteiger partial charge on any atom is 0.238 e. The first kappa shape index (κ1) is 35.6. The minimum Gasteiger partial charge on any atom is -0.309 e. The van der Waals surface area contributed by atoms with Crippen LogP contribution in [-0.4, -0.2) is 24.1 Å². The second-order valence-corrected chi connectivity index (χ2v) is 17.1. The van der Waals surface area contributed by atoms with Gasteiger partial charge in [-0.15, -0.1) is 11.3 Å². The monoisotopic (exact) mass is 821 g/mol. The molecule has 0 fully saturated rings. The average Bonchev–Trinajstić information content (AvgIpc) is 4.02. The summed E-state index contributed by atoms with van der Waals surface area (Å²) in [6.07, 6.45) is 0. The van der Waals surface area contributed by atoms with E-state index < -0.39 is 0 Å². The highest BCUT2D eigenvalue weighted by atomic mass is 32.1. The molecule has 13 rings (SSSR count). The average molecular weight is 822 g/mol. The van der Waals surface area contributed by atoms with E-state index in [1.165, 1.54) is 52.9 Å². The lowest BCUT2D eigenvalue weighted by Gasteiger charge is -2.16. The van der Waals surface area contributed by atoms with Crippen LogP contribution in [0.5, 0.6) is 0 Å². The summed E-state index contributed by atoms with van der Waals surface area (Å²) >= 11 is 1.82. The number of hydrogen-bond donors (Lipinski definition) is 0. The van der Waals surface area contributed by atoms with Gasteiger partial charge in [-0.2, -0.15) is 9.97 Å². The minimum absolute atomic E-state index is 0.584. The van der Waals surface area contributed by atoms with Gasteiger partial charge in [0.05, 0.1) is 27.8 Å². The molecule has 13 aromatic rings. The van der Waals surface area contributed by atoms with Crippen LogP contribution in [-0.2, 0) is 0 Å². The van der Waals surface area contributed by atoms with E-state index in [0.29, 0.717) is 17.6 Å². The zero-order valence-corrected chi connectivity index (χ0v) is 34.7. The normalized spacial score (nSPS) is 11.8. The van der Waals surface area contributed by atoms with Gasteiger partial charge in [0.2, 0.25) is 5.95 Å². The van der Waals surface area contributed by atoms with Gasteiger partial charge in [-0.05, 0) is 59.2 Å². The zero-order valence-electron chi connectivity index (χ0n) is 33.9. The highest BCUT2D eigenvalue weighted by molar-refractivity contribution is 7.26. The van der Waals surface area contributed by atoms with Crippen LogP contribution in [0, 0.1) is 0 Å². The maximum absolute atomic E-state index is 5.37. The van der Waals surface area contributed by atoms with Crippen molar-refractivity contribution in [3.05, 3.63) is 212 Å². The minimum atomic E-state index is 0.584. The Labute approximate surface area is 366 Å². The first-order valence-corrected chi connectivity index (χ1v) is 22.0. The molecular formula is C57H35N5S. The fourth-order valence-corrected chi connectivity index (χ4v) is 10.6. The Hall–Kier alpha value is -8.19. The molecule has 4 heterocycles. The predicted octanol–water partition coefficient (Wildman–Crippen LogP) is 15.1. The van der Waals surface area contributed by atoms with E-state index >= 15 is 0 Å². The van der Waals surface area contributed by atoms with Gasteiger partial charge in [-0.3, -0.25) is 4.57 Å². The van der Waals surface area contributed by atoms with Gasteiger partial charge in [0.25, 0.3) is 0 Å². The van der Waals surface area contributed by atoms with Gasteiger partial charge >= 0.3 is 0 Å². The number of aromatic nitrogens is 5. The molecule has 0 N–H and O–H groups in total. The van der Waals surface area contributed by atoms with Gasteiger partial charge < -0.3 is 4.57 Å². The second kappa shape index (κ2) is 14.2. The Morgan fingerprint density at radius 2 is 0.841 bits per heavy atom. The van der Waals surface area contributed by atoms with Crippen molar-refractivity contribution >= 4 is 75.1 Å². The summed E-state index contributed by atoms with van der Waals surface area (Å²) in [7, 11) is 0. The van der Waals surface area contributed by atoms with E-state index in [4.69, 9.17) is 15.0 Å². The topological polar surface area (TPSA) is 48.5 Å². The number of rotatable bonds is 6. The molecule has 0 atom stereocenters. The number of hydrogen-bond acceptors (Lipinski definition) is 4. The molecule has 0 aliphatic carbocycles. The molecule has 0 saturated carbocycles. The summed E-state index contributed by atoms with van der Waals surface area (Å²) in [5.74, 6) is 1.82. The molecule has 6 heteroatoms. The lowest BCUT2D eigenvalue weighted by Crippen LogP contribution is -2.06. The molecule has 0 unspecified atom stereocenters. The van der Waals surface area contributed by atoms with E-state index in [1.54, 1.807) is 0 Å². The van der Waals surface area contributed by atoms with Crippen LogP contribution in [0.1, 0.15) is 0 Å². The van der Waals surface area contributed by atoms with Crippen LogP contribution in [0.4, 0.5) is 0 Å². The van der Waals surface area contributed by atoms with E-state index in [9.17, 15) is 0 Å². The number of para-hydroxylation sites is 3. The van der Waals surface area contributed by atoms with Crippen molar-refractivity contribution in [2.24, 2.45) is 0 Å². The van der Waals surface area contributed by atoms with Crippen LogP contribution in [0.15, 0.2) is 212 Å². The first-order chi connectivity index (χ1) is 31.2. The van der Waals surface area contributed by atoms with Crippen molar-refractivity contribution in [1.29, 1.82) is 0 Å². The standard InChI is InChI=1S/C57H35N5S/c1-3-15-36(16-4-1)40-31-33-50(61-47-23-11-7-19-41(47)42-20-8-12-24-48(42)61)46(35-40)37-27-29-39(30-28-37)56-58-55(38-17-5-2-6-18-38)59-57(60-56)62-49-25-13-9-21-43(49)44-32-34-52-53(54(44)62)45-22-10-14-26-51(45)63-52/h1-35H. The molecule has 9 aromatic carbocycles. The fourth-order valence-electron chi connectivity index (χ4n) is 9.54. The van der Waals surface area contributed by atoms with E-state index in [2.05, 4.69) is 203 Å². The lowest BCUT2D eigenvalue weighted by molar-refractivity contribution is 0.955. The molecule has 4 aromatic heterocycles. The SMILES string of the molecule is c1ccc(-c2ccc(-n3c4ccccc4c4ccccc43)c(-c3ccc(-c4nc(-c5ccccc5)nc(-n5c6ccccc6c6ccc7sc8ccccc8c7c65)n4)cc3)c2)cc1. The van der Waals surface area contributed by atoms with E-state index in [0.717, 1.165) is 49.9 Å². The summed E-state index contributed by atoms with van der Waals surface area (Å²) < 4.78 is 7.16. The molecule has 0 spiro atoms. The van der Waals surface area contributed by atoms with E-state index in [1.807, 2.05) is 29.5 Å². The smallest absolute Gasteiger partial charge is 0.238 e. The Morgan fingerprint density at radius 3 is 1.51 bits per heavy atom. The number of nitrogens with zero attached hydrogens (tertiary/aromatic N) is 5. The van der Waals surface area contributed by atoms with Gasteiger partial charge in [0.1, 0.15) is 0 Å².